The number of rotatable bonds is 6. The molecule has 1 saturated carbocycles. The van der Waals surface area contributed by atoms with Crippen molar-refractivity contribution in [2.45, 2.75) is 69.9 Å². The fourth-order valence-corrected chi connectivity index (χ4v) is 4.85. The van der Waals surface area contributed by atoms with E-state index in [0.29, 0.717) is 49.2 Å². The van der Waals surface area contributed by atoms with Crippen molar-refractivity contribution in [3.63, 3.8) is 0 Å². The molecule has 0 radical (unpaired) electrons. The van der Waals surface area contributed by atoms with Gasteiger partial charge in [0.1, 0.15) is 0 Å². The first kappa shape index (κ1) is 20.3. The maximum atomic E-state index is 13.3. The number of carbonyl (C=O) groups excluding carboxylic acids is 2. The molecule has 1 aliphatic heterocycles. The van der Waals surface area contributed by atoms with E-state index in [-0.39, 0.29) is 36.5 Å². The first-order chi connectivity index (χ1) is 13.8. The van der Waals surface area contributed by atoms with Gasteiger partial charge in [0.05, 0.1) is 10.5 Å². The third-order valence-corrected chi connectivity index (χ3v) is 6.59. The largest absolute Gasteiger partial charge is 0.352 e. The number of nitrogens with one attached hydrogen (secondary N) is 1. The van der Waals surface area contributed by atoms with Crippen LogP contribution in [0.15, 0.2) is 24.4 Å². The molecule has 4 nitrogen and oxygen atoms in total. The van der Waals surface area contributed by atoms with Gasteiger partial charge in [0, 0.05) is 55.4 Å². The van der Waals surface area contributed by atoms with E-state index in [1.54, 1.807) is 6.07 Å². The molecule has 1 amide bonds. The van der Waals surface area contributed by atoms with Gasteiger partial charge in [-0.25, -0.2) is 8.78 Å². The Morgan fingerprint density at radius 3 is 2.69 bits per heavy atom. The molecule has 2 heterocycles. The molecule has 7 heteroatoms. The summed E-state index contributed by atoms with van der Waals surface area (Å²) in [5.74, 6) is -2.32. The fourth-order valence-electron chi connectivity index (χ4n) is 4.58. The average molecular weight is 423 g/mol. The van der Waals surface area contributed by atoms with E-state index in [2.05, 4.69) is 5.32 Å². The standard InChI is InChI=1S/C22H25ClF2N2O2/c23-17-2-1-3-18-21(17)16(13-27(18)12-15-5-7-20(29)26-15)19(28)6-4-14-8-10-22(24,25)11-9-14/h1-3,13-15H,4-12H2,(H,26,29)/t15-/m1/s1. The molecule has 2 aromatic rings. The number of alkyl halides is 2. The summed E-state index contributed by atoms with van der Waals surface area (Å²) in [6, 6.07) is 5.60. The van der Waals surface area contributed by atoms with Gasteiger partial charge in [-0.05, 0) is 43.7 Å². The average Bonchev–Trinajstić information content (AvgIpc) is 3.25. The smallest absolute Gasteiger partial charge is 0.248 e. The van der Waals surface area contributed by atoms with Gasteiger partial charge in [-0.3, -0.25) is 9.59 Å². The monoisotopic (exact) mass is 422 g/mol. The molecule has 156 valence electrons. The second-order valence-electron chi connectivity index (χ2n) is 8.39. The van der Waals surface area contributed by atoms with Crippen LogP contribution in [-0.2, 0) is 11.3 Å². The molecule has 1 aliphatic carbocycles. The first-order valence-electron chi connectivity index (χ1n) is 10.3. The number of hydrogen-bond acceptors (Lipinski definition) is 2. The van der Waals surface area contributed by atoms with E-state index in [1.165, 1.54) is 0 Å². The molecule has 0 bridgehead atoms. The van der Waals surface area contributed by atoms with Crippen molar-refractivity contribution in [1.82, 2.24) is 9.88 Å². The van der Waals surface area contributed by atoms with Crippen molar-refractivity contribution in [2.75, 3.05) is 0 Å². The number of benzene rings is 1. The number of hydrogen-bond donors (Lipinski definition) is 1. The van der Waals surface area contributed by atoms with E-state index >= 15 is 0 Å². The minimum absolute atomic E-state index is 0.00496. The maximum Gasteiger partial charge on any atom is 0.248 e. The molecule has 0 unspecified atom stereocenters. The van der Waals surface area contributed by atoms with E-state index in [4.69, 9.17) is 11.6 Å². The minimum atomic E-state index is -2.54. The molecular formula is C22H25ClF2N2O2. The van der Waals surface area contributed by atoms with Crippen molar-refractivity contribution in [3.05, 3.63) is 35.0 Å². The third-order valence-electron chi connectivity index (χ3n) is 6.27. The van der Waals surface area contributed by atoms with E-state index in [1.807, 2.05) is 22.9 Å². The molecule has 29 heavy (non-hydrogen) atoms. The summed E-state index contributed by atoms with van der Waals surface area (Å²) in [7, 11) is 0. The van der Waals surface area contributed by atoms with Gasteiger partial charge in [0.15, 0.2) is 5.78 Å². The van der Waals surface area contributed by atoms with Crippen LogP contribution in [0.1, 0.15) is 61.7 Å². The Morgan fingerprint density at radius 1 is 1.24 bits per heavy atom. The first-order valence-corrected chi connectivity index (χ1v) is 10.7. The Labute approximate surface area is 173 Å². The van der Waals surface area contributed by atoms with Crippen molar-refractivity contribution >= 4 is 34.2 Å². The highest BCUT2D eigenvalue weighted by Gasteiger charge is 2.35. The normalized spacial score (nSPS) is 22.2. The Balaban J connectivity index is 1.50. The summed E-state index contributed by atoms with van der Waals surface area (Å²) in [5.41, 5.74) is 1.45. The van der Waals surface area contributed by atoms with Crippen LogP contribution in [0.25, 0.3) is 10.9 Å². The van der Waals surface area contributed by atoms with Crippen LogP contribution < -0.4 is 5.32 Å². The van der Waals surface area contributed by atoms with Gasteiger partial charge < -0.3 is 9.88 Å². The Hall–Kier alpha value is -1.95. The number of carbonyl (C=O) groups is 2. The van der Waals surface area contributed by atoms with Crippen molar-refractivity contribution in [2.24, 2.45) is 5.92 Å². The van der Waals surface area contributed by atoms with Crippen LogP contribution in [0.2, 0.25) is 5.02 Å². The second kappa shape index (κ2) is 8.05. The van der Waals surface area contributed by atoms with Crippen LogP contribution in [0.4, 0.5) is 8.78 Å². The van der Waals surface area contributed by atoms with E-state index in [0.717, 1.165) is 17.3 Å². The van der Waals surface area contributed by atoms with Gasteiger partial charge >= 0.3 is 0 Å². The highest BCUT2D eigenvalue weighted by molar-refractivity contribution is 6.37. The summed E-state index contributed by atoms with van der Waals surface area (Å²) >= 11 is 6.42. The minimum Gasteiger partial charge on any atom is -0.352 e. The van der Waals surface area contributed by atoms with Crippen molar-refractivity contribution in [3.8, 4) is 0 Å². The molecule has 1 atom stereocenters. The van der Waals surface area contributed by atoms with E-state index in [9.17, 15) is 18.4 Å². The molecule has 2 fully saturated rings. The lowest BCUT2D eigenvalue weighted by Crippen LogP contribution is -2.29. The van der Waals surface area contributed by atoms with Crippen LogP contribution in [0, 0.1) is 5.92 Å². The fraction of sp³-hybridized carbons (Fsp3) is 0.545. The lowest BCUT2D eigenvalue weighted by molar-refractivity contribution is -0.119. The van der Waals surface area contributed by atoms with Crippen molar-refractivity contribution < 1.29 is 18.4 Å². The lowest BCUT2D eigenvalue weighted by atomic mass is 9.83. The molecule has 1 aromatic carbocycles. The molecule has 2 aliphatic rings. The summed E-state index contributed by atoms with van der Waals surface area (Å²) < 4.78 is 28.7. The molecule has 4 rings (SSSR count). The van der Waals surface area contributed by atoms with Gasteiger partial charge in [-0.15, -0.1) is 0 Å². The number of Topliss-reactive ketones (excluding diaryl/α,β-unsaturated/α-hetero) is 1. The molecule has 1 saturated heterocycles. The van der Waals surface area contributed by atoms with Crippen LogP contribution in [-0.4, -0.2) is 28.2 Å². The Bertz CT molecular complexity index is 930. The van der Waals surface area contributed by atoms with Gasteiger partial charge in [0.2, 0.25) is 11.8 Å². The quantitative estimate of drug-likeness (QED) is 0.637. The number of nitrogens with zero attached hydrogens (tertiary/aromatic N) is 1. The number of halogens is 3. The second-order valence-corrected chi connectivity index (χ2v) is 8.80. The summed E-state index contributed by atoms with van der Waals surface area (Å²) in [5, 5.41) is 4.22. The van der Waals surface area contributed by atoms with Gasteiger partial charge in [-0.1, -0.05) is 17.7 Å². The van der Waals surface area contributed by atoms with Crippen LogP contribution >= 0.6 is 11.6 Å². The zero-order chi connectivity index (χ0) is 20.6. The number of amides is 1. The summed E-state index contributed by atoms with van der Waals surface area (Å²) in [6.07, 6.45) is 4.89. The van der Waals surface area contributed by atoms with Crippen molar-refractivity contribution in [1.29, 1.82) is 0 Å². The predicted octanol–water partition coefficient (Wildman–Crippen LogP) is 5.36. The highest BCUT2D eigenvalue weighted by atomic mass is 35.5. The SMILES string of the molecule is O=C1CC[C@H](Cn2cc(C(=O)CCC3CCC(F)(F)CC3)c3c(Cl)cccc32)N1. The zero-order valence-corrected chi connectivity index (χ0v) is 17.0. The molecular weight excluding hydrogens is 398 g/mol. The zero-order valence-electron chi connectivity index (χ0n) is 16.2. The predicted molar refractivity (Wildman–Crippen MR) is 109 cm³/mol. The number of fused-ring (bicyclic) bond motifs is 1. The van der Waals surface area contributed by atoms with Gasteiger partial charge in [-0.2, -0.15) is 0 Å². The number of aromatic nitrogens is 1. The maximum absolute atomic E-state index is 13.3. The highest BCUT2D eigenvalue weighted by Crippen LogP contribution is 2.38. The Kier molecular flexibility index (Phi) is 5.65. The Morgan fingerprint density at radius 2 is 2.00 bits per heavy atom. The molecule has 1 N–H and O–H groups in total. The topological polar surface area (TPSA) is 51.1 Å². The molecule has 1 aromatic heterocycles. The van der Waals surface area contributed by atoms with Gasteiger partial charge in [0.25, 0.3) is 0 Å². The van der Waals surface area contributed by atoms with Crippen LogP contribution in [0.5, 0.6) is 0 Å². The third kappa shape index (κ3) is 4.47. The molecule has 0 spiro atoms. The summed E-state index contributed by atoms with van der Waals surface area (Å²) in [6.45, 7) is 0.591. The number of ketones is 1. The lowest BCUT2D eigenvalue weighted by Gasteiger charge is -2.27. The summed E-state index contributed by atoms with van der Waals surface area (Å²) in [4.78, 5) is 24.5. The van der Waals surface area contributed by atoms with Crippen LogP contribution in [0.3, 0.4) is 0 Å². The van der Waals surface area contributed by atoms with E-state index < -0.39 is 5.92 Å².